The fourth-order valence-corrected chi connectivity index (χ4v) is 3.76. The van der Waals surface area contributed by atoms with E-state index in [1.807, 2.05) is 27.7 Å². The first kappa shape index (κ1) is 16.5. The Morgan fingerprint density at radius 1 is 1.37 bits per heavy atom. The van der Waals surface area contributed by atoms with Crippen molar-refractivity contribution >= 4 is 21.6 Å². The first-order chi connectivity index (χ1) is 8.58. The predicted molar refractivity (Wildman–Crippen MR) is 78.0 cm³/mol. The molecule has 5 nitrogen and oxygen atoms in total. The van der Waals surface area contributed by atoms with Gasteiger partial charge in [-0.05, 0) is 11.7 Å². The van der Waals surface area contributed by atoms with Crippen LogP contribution in [0.3, 0.4) is 0 Å². The minimum absolute atomic E-state index is 0.115. The Kier molecular flexibility index (Phi) is 5.43. The lowest BCUT2D eigenvalue weighted by Crippen LogP contribution is -2.14. The normalized spacial score (nSPS) is 14.6. The van der Waals surface area contributed by atoms with Crippen LogP contribution in [0.2, 0.25) is 0 Å². The minimum atomic E-state index is -2.90. The van der Waals surface area contributed by atoms with Crippen molar-refractivity contribution < 1.29 is 12.9 Å². The molecule has 0 aromatic carbocycles. The summed E-state index contributed by atoms with van der Waals surface area (Å²) in [5.74, 6) is 3.04. The largest absolute Gasteiger partial charge is 0.338 e. The molecule has 1 aromatic heterocycles. The third kappa shape index (κ3) is 6.42. The van der Waals surface area contributed by atoms with Crippen molar-refractivity contribution in [2.45, 2.75) is 38.9 Å². The summed E-state index contributed by atoms with van der Waals surface area (Å²) in [6.07, 6.45) is 1.27. The van der Waals surface area contributed by atoms with Crippen LogP contribution < -0.4 is 0 Å². The fraction of sp³-hybridized carbons (Fsp3) is 0.833. The highest BCUT2D eigenvalue weighted by Gasteiger charge is 2.21. The van der Waals surface area contributed by atoms with Gasteiger partial charge in [0.1, 0.15) is 9.84 Å². The van der Waals surface area contributed by atoms with Crippen LogP contribution in [0.25, 0.3) is 0 Å². The molecule has 0 radical (unpaired) electrons. The van der Waals surface area contributed by atoms with Crippen LogP contribution in [0.5, 0.6) is 0 Å². The Morgan fingerprint density at radius 3 is 2.47 bits per heavy atom. The maximum absolute atomic E-state index is 11.1. The highest BCUT2D eigenvalue weighted by atomic mass is 32.2. The Hall–Kier alpha value is -0.560. The molecule has 0 aliphatic rings. The lowest BCUT2D eigenvalue weighted by Gasteiger charge is -2.11. The first-order valence-electron chi connectivity index (χ1n) is 6.16. The SMILES string of the molecule is C[C@H](CSCc1nc(C(C)(C)C)no1)CS(C)(=O)=O. The summed E-state index contributed by atoms with van der Waals surface area (Å²) in [7, 11) is -2.90. The van der Waals surface area contributed by atoms with E-state index >= 15 is 0 Å². The quantitative estimate of drug-likeness (QED) is 0.803. The number of thioether (sulfide) groups is 1. The van der Waals surface area contributed by atoms with E-state index in [0.717, 1.165) is 5.75 Å². The van der Waals surface area contributed by atoms with Gasteiger partial charge in [0.25, 0.3) is 0 Å². The van der Waals surface area contributed by atoms with Crippen LogP contribution in [-0.2, 0) is 21.0 Å². The molecular formula is C12H22N2O3S2. The molecule has 0 saturated carbocycles. The third-order valence-corrected chi connectivity index (χ3v) is 4.78. The number of hydrogen-bond acceptors (Lipinski definition) is 6. The van der Waals surface area contributed by atoms with Gasteiger partial charge in [0.15, 0.2) is 5.82 Å². The van der Waals surface area contributed by atoms with E-state index in [1.165, 1.54) is 6.26 Å². The average Bonchev–Trinajstić information content (AvgIpc) is 2.62. The van der Waals surface area contributed by atoms with Crippen molar-refractivity contribution in [3.05, 3.63) is 11.7 Å². The molecule has 1 atom stereocenters. The molecule has 0 bridgehead atoms. The van der Waals surface area contributed by atoms with Crippen molar-refractivity contribution in [2.24, 2.45) is 5.92 Å². The number of nitrogens with zero attached hydrogens (tertiary/aromatic N) is 2. The summed E-state index contributed by atoms with van der Waals surface area (Å²) in [6.45, 7) is 8.03. The maximum atomic E-state index is 11.1. The van der Waals surface area contributed by atoms with Gasteiger partial charge in [-0.1, -0.05) is 32.9 Å². The van der Waals surface area contributed by atoms with Crippen molar-refractivity contribution in [1.82, 2.24) is 10.1 Å². The molecule has 0 amide bonds. The molecule has 0 unspecified atom stereocenters. The van der Waals surface area contributed by atoms with Gasteiger partial charge in [0.05, 0.1) is 11.5 Å². The van der Waals surface area contributed by atoms with Crippen molar-refractivity contribution in [1.29, 1.82) is 0 Å². The van der Waals surface area contributed by atoms with Crippen LogP contribution in [0.1, 0.15) is 39.4 Å². The summed E-state index contributed by atoms with van der Waals surface area (Å²) in [5, 5.41) is 3.95. The molecular weight excluding hydrogens is 284 g/mol. The van der Waals surface area contributed by atoms with Crippen LogP contribution in [0, 0.1) is 5.92 Å². The van der Waals surface area contributed by atoms with Gasteiger partial charge >= 0.3 is 0 Å². The van der Waals surface area contributed by atoms with E-state index in [4.69, 9.17) is 4.52 Å². The van der Waals surface area contributed by atoms with Gasteiger partial charge in [0, 0.05) is 11.7 Å². The zero-order valence-corrected chi connectivity index (χ0v) is 13.8. The first-order valence-corrected chi connectivity index (χ1v) is 9.38. The van der Waals surface area contributed by atoms with Crippen LogP contribution in [0.4, 0.5) is 0 Å². The van der Waals surface area contributed by atoms with Gasteiger partial charge in [-0.15, -0.1) is 0 Å². The number of hydrogen-bond donors (Lipinski definition) is 0. The Labute approximate surface area is 119 Å². The topological polar surface area (TPSA) is 73.1 Å². The Balaban J connectivity index is 2.40. The van der Waals surface area contributed by atoms with Crippen molar-refractivity contribution in [2.75, 3.05) is 17.8 Å². The van der Waals surface area contributed by atoms with E-state index in [-0.39, 0.29) is 17.1 Å². The summed E-state index contributed by atoms with van der Waals surface area (Å²) in [4.78, 5) is 4.34. The van der Waals surface area contributed by atoms with Gasteiger partial charge < -0.3 is 4.52 Å². The zero-order chi connectivity index (χ0) is 14.7. The molecule has 1 rings (SSSR count). The molecule has 7 heteroatoms. The zero-order valence-electron chi connectivity index (χ0n) is 12.1. The summed E-state index contributed by atoms with van der Waals surface area (Å²) >= 11 is 1.62. The van der Waals surface area contributed by atoms with Crippen LogP contribution in [-0.4, -0.2) is 36.3 Å². The van der Waals surface area contributed by atoms with E-state index in [0.29, 0.717) is 17.5 Å². The number of sulfone groups is 1. The van der Waals surface area contributed by atoms with Gasteiger partial charge in [-0.3, -0.25) is 0 Å². The molecule has 0 aliphatic carbocycles. The molecule has 110 valence electrons. The molecule has 0 saturated heterocycles. The standard InChI is InChI=1S/C12H22N2O3S2/c1-9(8-19(5,15)16)6-18-7-10-13-11(14-17-10)12(2,3)4/h9H,6-8H2,1-5H3/t9-/m1/s1. The highest BCUT2D eigenvalue weighted by Crippen LogP contribution is 2.21. The minimum Gasteiger partial charge on any atom is -0.338 e. The van der Waals surface area contributed by atoms with Crippen molar-refractivity contribution in [3.8, 4) is 0 Å². The Morgan fingerprint density at radius 2 is 2.00 bits per heavy atom. The van der Waals surface area contributed by atoms with Gasteiger partial charge in [-0.2, -0.15) is 16.7 Å². The monoisotopic (exact) mass is 306 g/mol. The molecule has 0 N–H and O–H groups in total. The van der Waals surface area contributed by atoms with Crippen molar-refractivity contribution in [3.63, 3.8) is 0 Å². The number of aromatic nitrogens is 2. The smallest absolute Gasteiger partial charge is 0.236 e. The van der Waals surface area contributed by atoms with E-state index < -0.39 is 9.84 Å². The molecule has 0 spiro atoms. The van der Waals surface area contributed by atoms with Gasteiger partial charge in [-0.25, -0.2) is 8.42 Å². The molecule has 0 fully saturated rings. The van der Waals surface area contributed by atoms with E-state index in [1.54, 1.807) is 11.8 Å². The molecule has 19 heavy (non-hydrogen) atoms. The van der Waals surface area contributed by atoms with Crippen LogP contribution >= 0.6 is 11.8 Å². The molecule has 1 heterocycles. The summed E-state index contributed by atoms with van der Waals surface area (Å²) < 4.78 is 27.5. The van der Waals surface area contributed by atoms with Gasteiger partial charge in [0.2, 0.25) is 5.89 Å². The summed E-state index contributed by atoms with van der Waals surface area (Å²) in [6, 6.07) is 0. The summed E-state index contributed by atoms with van der Waals surface area (Å²) in [5.41, 5.74) is -0.115. The number of rotatable bonds is 6. The highest BCUT2D eigenvalue weighted by molar-refractivity contribution is 7.98. The Bertz CT molecular complexity index is 503. The average molecular weight is 306 g/mol. The van der Waals surface area contributed by atoms with E-state index in [9.17, 15) is 8.42 Å². The lowest BCUT2D eigenvalue weighted by atomic mass is 9.96. The molecule has 1 aromatic rings. The maximum Gasteiger partial charge on any atom is 0.236 e. The fourth-order valence-electron chi connectivity index (χ4n) is 1.53. The van der Waals surface area contributed by atoms with E-state index in [2.05, 4.69) is 10.1 Å². The molecule has 0 aliphatic heterocycles. The lowest BCUT2D eigenvalue weighted by molar-refractivity contribution is 0.373. The third-order valence-electron chi connectivity index (χ3n) is 2.35. The van der Waals surface area contributed by atoms with Crippen LogP contribution in [0.15, 0.2) is 4.52 Å². The predicted octanol–water partition coefficient (Wildman–Crippen LogP) is 2.28. The second-order valence-corrected chi connectivity index (χ2v) is 9.19. The second kappa shape index (κ2) is 6.26. The second-order valence-electron chi connectivity index (χ2n) is 5.97.